The summed E-state index contributed by atoms with van der Waals surface area (Å²) in [6.07, 6.45) is -3.30. The van der Waals surface area contributed by atoms with Crippen molar-refractivity contribution in [2.45, 2.75) is 24.5 Å². The van der Waals surface area contributed by atoms with Gasteiger partial charge in [0.05, 0.1) is 18.6 Å². The van der Waals surface area contributed by atoms with Gasteiger partial charge in [-0.2, -0.15) is 4.40 Å². The molecular formula is C11H12N2O6S. The Balaban J connectivity index is 2.16. The highest BCUT2D eigenvalue weighted by molar-refractivity contribution is 7.14. The van der Waals surface area contributed by atoms with Crippen LogP contribution in [0.5, 0.6) is 5.88 Å². The van der Waals surface area contributed by atoms with Crippen molar-refractivity contribution in [1.29, 1.82) is 0 Å². The molecule has 9 heteroatoms. The Labute approximate surface area is 116 Å². The van der Waals surface area contributed by atoms with E-state index < -0.39 is 42.6 Å². The Hall–Kier alpha value is -1.52. The summed E-state index contributed by atoms with van der Waals surface area (Å²) in [5.41, 5.74) is -0.478. The van der Waals surface area contributed by atoms with Crippen LogP contribution in [0, 0.1) is 0 Å². The maximum atomic E-state index is 12.0. The second kappa shape index (κ2) is 4.79. The molecule has 0 spiro atoms. The monoisotopic (exact) mass is 300 g/mol. The molecule has 3 rings (SSSR count). The molecule has 20 heavy (non-hydrogen) atoms. The van der Waals surface area contributed by atoms with Crippen molar-refractivity contribution in [3.8, 4) is 5.88 Å². The lowest BCUT2D eigenvalue weighted by molar-refractivity contribution is -0.775. The van der Waals surface area contributed by atoms with E-state index >= 15 is 0 Å². The van der Waals surface area contributed by atoms with Gasteiger partial charge in [-0.3, -0.25) is 0 Å². The minimum absolute atomic E-state index is 0.289. The molecule has 1 fully saturated rings. The van der Waals surface area contributed by atoms with Crippen LogP contribution in [-0.4, -0.2) is 44.6 Å². The van der Waals surface area contributed by atoms with Gasteiger partial charge in [-0.25, -0.2) is 9.36 Å². The van der Waals surface area contributed by atoms with Crippen LogP contribution in [0.3, 0.4) is 0 Å². The van der Waals surface area contributed by atoms with Gasteiger partial charge >= 0.3 is 10.5 Å². The fraction of sp³-hybridized carbons (Fsp3) is 0.455. The predicted octanol–water partition coefficient (Wildman–Crippen LogP) is -2.67. The van der Waals surface area contributed by atoms with Crippen LogP contribution in [0.4, 0.5) is 0 Å². The third kappa shape index (κ3) is 1.83. The Bertz CT molecular complexity index is 698. The molecule has 3 N–H and O–H groups in total. The van der Waals surface area contributed by atoms with Crippen LogP contribution >= 0.6 is 11.3 Å². The number of thiazole rings is 1. The van der Waals surface area contributed by atoms with E-state index in [1.54, 1.807) is 5.38 Å². The van der Waals surface area contributed by atoms with Gasteiger partial charge in [0.1, 0.15) is 24.5 Å². The smallest absolute Gasteiger partial charge is 0.350 e. The maximum Gasteiger partial charge on any atom is 0.350 e. The van der Waals surface area contributed by atoms with E-state index in [4.69, 9.17) is 9.84 Å². The summed E-state index contributed by atoms with van der Waals surface area (Å²) < 4.78 is 7.68. The Kier molecular flexibility index (Phi) is 3.22. The molecule has 108 valence electrons. The molecule has 3 heterocycles. The van der Waals surface area contributed by atoms with E-state index in [2.05, 4.69) is 0 Å². The van der Waals surface area contributed by atoms with Gasteiger partial charge in [0.25, 0.3) is 0 Å². The summed E-state index contributed by atoms with van der Waals surface area (Å²) in [7, 11) is 0. The summed E-state index contributed by atoms with van der Waals surface area (Å²) in [5, 5.41) is 42.4. The van der Waals surface area contributed by atoms with Crippen molar-refractivity contribution in [3.63, 3.8) is 0 Å². The first-order valence-electron chi connectivity index (χ1n) is 5.88. The first-order valence-corrected chi connectivity index (χ1v) is 6.76. The molecule has 2 aromatic rings. The number of hydrogen-bond acceptors (Lipinski definition) is 7. The summed E-state index contributed by atoms with van der Waals surface area (Å²) in [6.45, 7) is -0.482. The molecule has 0 radical (unpaired) electrons. The van der Waals surface area contributed by atoms with Crippen LogP contribution in [-0.2, 0) is 4.74 Å². The Morgan fingerprint density at radius 3 is 2.85 bits per heavy atom. The molecule has 0 unspecified atom stereocenters. The van der Waals surface area contributed by atoms with Crippen molar-refractivity contribution >= 4 is 16.3 Å². The van der Waals surface area contributed by atoms with Crippen molar-refractivity contribution in [1.82, 2.24) is 4.40 Å². The quantitative estimate of drug-likeness (QED) is 0.521. The fourth-order valence-corrected chi connectivity index (χ4v) is 3.16. The maximum absolute atomic E-state index is 12.0. The van der Waals surface area contributed by atoms with E-state index in [1.807, 2.05) is 0 Å². The molecule has 4 atom stereocenters. The van der Waals surface area contributed by atoms with E-state index in [0.29, 0.717) is 0 Å². The van der Waals surface area contributed by atoms with Gasteiger partial charge in [0.2, 0.25) is 6.23 Å². The largest absolute Gasteiger partial charge is 0.842 e. The molecular weight excluding hydrogens is 288 g/mol. The van der Waals surface area contributed by atoms with Gasteiger partial charge in [0.15, 0.2) is 0 Å². The van der Waals surface area contributed by atoms with Crippen LogP contribution in [0.25, 0.3) is 4.96 Å². The second-order valence-electron chi connectivity index (χ2n) is 4.48. The number of aromatic nitrogens is 2. The molecule has 1 saturated heterocycles. The molecule has 0 bridgehead atoms. The highest BCUT2D eigenvalue weighted by atomic mass is 32.1. The standard InChI is InChI=1S/C11H12N2O6S/c14-4-5-8(17)9(18)10(19-5)13-7(16)3-6(15)12-1-2-20-11(12)13/h1-3,5,8-10,14,17-18H,4H2/t5-,8-,9-,10-/m1/s1. The first-order chi connectivity index (χ1) is 9.54. The average Bonchev–Trinajstić information content (AvgIpc) is 2.99. The molecule has 8 nitrogen and oxygen atoms in total. The number of ether oxygens (including phenoxy) is 1. The summed E-state index contributed by atoms with van der Waals surface area (Å²) in [5.74, 6) is -0.632. The van der Waals surface area contributed by atoms with Crippen molar-refractivity contribution in [3.05, 3.63) is 28.0 Å². The minimum Gasteiger partial charge on any atom is -0.842 e. The first kappa shape index (κ1) is 13.5. The van der Waals surface area contributed by atoms with Crippen LogP contribution < -0.4 is 15.2 Å². The van der Waals surface area contributed by atoms with Crippen LogP contribution in [0.2, 0.25) is 0 Å². The molecule has 0 saturated carbocycles. The van der Waals surface area contributed by atoms with Crippen molar-refractivity contribution in [2.24, 2.45) is 0 Å². The third-order valence-electron chi connectivity index (χ3n) is 3.29. The molecule has 2 aromatic heterocycles. The predicted molar refractivity (Wildman–Crippen MR) is 64.2 cm³/mol. The van der Waals surface area contributed by atoms with E-state index in [9.17, 15) is 20.1 Å². The van der Waals surface area contributed by atoms with Crippen LogP contribution in [0.15, 0.2) is 22.4 Å². The van der Waals surface area contributed by atoms with Crippen molar-refractivity contribution in [2.75, 3.05) is 6.61 Å². The van der Waals surface area contributed by atoms with Gasteiger partial charge in [0, 0.05) is 5.38 Å². The molecule has 1 aliphatic heterocycles. The van der Waals surface area contributed by atoms with Gasteiger partial charge in [-0.15, -0.1) is 0 Å². The molecule has 0 aliphatic carbocycles. The number of aliphatic hydroxyl groups is 3. The van der Waals surface area contributed by atoms with Gasteiger partial charge < -0.3 is 25.2 Å². The van der Waals surface area contributed by atoms with Gasteiger partial charge in [-0.1, -0.05) is 11.3 Å². The number of fused-ring (bicyclic) bond motifs is 1. The van der Waals surface area contributed by atoms with Gasteiger partial charge in [-0.05, 0) is 0 Å². The lowest BCUT2D eigenvalue weighted by Gasteiger charge is -2.18. The topological polar surface area (TPSA) is 118 Å². The summed E-state index contributed by atoms with van der Waals surface area (Å²) >= 11 is 1.13. The molecule has 0 aromatic carbocycles. The Morgan fingerprint density at radius 2 is 2.20 bits per heavy atom. The Morgan fingerprint density at radius 1 is 1.45 bits per heavy atom. The van der Waals surface area contributed by atoms with E-state index in [1.165, 1.54) is 10.6 Å². The number of aliphatic hydroxyl groups excluding tert-OH is 3. The van der Waals surface area contributed by atoms with Crippen LogP contribution in [0.1, 0.15) is 6.23 Å². The SMILES string of the molecule is O=c1cc([O-])[n+]([C@@H]2O[C@H](CO)[C@@H](O)[C@H]2O)c2sccn12. The van der Waals surface area contributed by atoms with Crippen molar-refractivity contribution < 1.29 is 29.7 Å². The fourth-order valence-electron chi connectivity index (χ4n) is 2.28. The second-order valence-corrected chi connectivity index (χ2v) is 5.35. The summed E-state index contributed by atoms with van der Waals surface area (Å²) in [4.78, 5) is 11.9. The molecule has 0 amide bonds. The normalized spacial score (nSPS) is 30.1. The average molecular weight is 300 g/mol. The minimum atomic E-state index is -1.37. The lowest BCUT2D eigenvalue weighted by Crippen LogP contribution is -2.50. The summed E-state index contributed by atoms with van der Waals surface area (Å²) in [6, 6.07) is 0.883. The van der Waals surface area contributed by atoms with E-state index in [-0.39, 0.29) is 4.96 Å². The number of hydrogen-bond donors (Lipinski definition) is 3. The third-order valence-corrected chi connectivity index (χ3v) is 4.15. The highest BCUT2D eigenvalue weighted by Gasteiger charge is 2.46. The number of nitrogens with zero attached hydrogens (tertiary/aromatic N) is 2. The lowest BCUT2D eigenvalue weighted by atomic mass is 10.1. The molecule has 1 aliphatic rings. The zero-order valence-electron chi connectivity index (χ0n) is 10.1. The highest BCUT2D eigenvalue weighted by Crippen LogP contribution is 2.27. The number of rotatable bonds is 2. The van der Waals surface area contributed by atoms with E-state index in [0.717, 1.165) is 22.0 Å². The zero-order valence-corrected chi connectivity index (χ0v) is 10.9. The zero-order chi connectivity index (χ0) is 14.4.